The summed E-state index contributed by atoms with van der Waals surface area (Å²) in [5, 5.41) is 6.23. The molecule has 0 saturated heterocycles. The number of carbonyl (C=O) groups excluding carboxylic acids is 2. The Hall–Kier alpha value is -1.84. The van der Waals surface area contributed by atoms with Crippen molar-refractivity contribution in [3.8, 4) is 0 Å². The lowest BCUT2D eigenvalue weighted by atomic mass is 10.0. The molecule has 4 heteroatoms. The van der Waals surface area contributed by atoms with Gasteiger partial charge in [0.25, 0.3) is 0 Å². The van der Waals surface area contributed by atoms with Crippen molar-refractivity contribution in [2.45, 2.75) is 245 Å². The van der Waals surface area contributed by atoms with Crippen LogP contribution in [-0.4, -0.2) is 24.9 Å². The highest BCUT2D eigenvalue weighted by molar-refractivity contribution is 5.76. The first-order valence-corrected chi connectivity index (χ1v) is 23.3. The number of aryl methyl sites for hydroxylation is 2. The van der Waals surface area contributed by atoms with E-state index in [1.807, 2.05) is 0 Å². The van der Waals surface area contributed by atoms with E-state index < -0.39 is 0 Å². The predicted molar refractivity (Wildman–Crippen MR) is 228 cm³/mol. The fraction of sp³-hybridized carbons (Fsp3) is 0.833. The highest BCUT2D eigenvalue weighted by atomic mass is 16.2. The molecule has 0 atom stereocenters. The van der Waals surface area contributed by atoms with Crippen LogP contribution < -0.4 is 10.6 Å². The van der Waals surface area contributed by atoms with Crippen LogP contribution in [0.1, 0.15) is 243 Å². The van der Waals surface area contributed by atoms with Crippen LogP contribution in [0.2, 0.25) is 0 Å². The lowest BCUT2D eigenvalue weighted by molar-refractivity contribution is -0.121. The second kappa shape index (κ2) is 38.9. The van der Waals surface area contributed by atoms with E-state index in [0.29, 0.717) is 12.8 Å². The summed E-state index contributed by atoms with van der Waals surface area (Å²) in [5.74, 6) is 0.317. The standard InChI is InChI=1S/C48H88N2O2/c1-3-5-7-9-11-13-15-17-19-21-23-25-27-29-31-33-43-49-47(51)41-39-45-35-37-46(38-36-45)40-42-48(52)50-44-34-32-30-28-26-24-22-20-18-16-14-12-10-8-6-4-2/h35-38H,3-34,39-44H2,1-2H3,(H,49,51)(H,50,52). The minimum Gasteiger partial charge on any atom is -0.356 e. The molecule has 0 aliphatic rings. The Balaban J connectivity index is 1.87. The molecule has 0 saturated carbocycles. The van der Waals surface area contributed by atoms with E-state index in [1.165, 1.54) is 204 Å². The molecule has 0 radical (unpaired) electrons. The van der Waals surface area contributed by atoms with Gasteiger partial charge in [0.1, 0.15) is 0 Å². The van der Waals surface area contributed by atoms with Crippen LogP contribution in [0.15, 0.2) is 24.3 Å². The van der Waals surface area contributed by atoms with E-state index in [9.17, 15) is 9.59 Å². The van der Waals surface area contributed by atoms with E-state index in [1.54, 1.807) is 0 Å². The van der Waals surface area contributed by atoms with Crippen molar-refractivity contribution in [1.29, 1.82) is 0 Å². The molecule has 0 aliphatic carbocycles. The molecule has 0 fully saturated rings. The lowest BCUT2D eigenvalue weighted by Crippen LogP contribution is -2.24. The number of hydrogen-bond acceptors (Lipinski definition) is 2. The first kappa shape index (κ1) is 48.2. The average Bonchev–Trinajstić information content (AvgIpc) is 3.16. The summed E-state index contributed by atoms with van der Waals surface area (Å²) >= 11 is 0. The fourth-order valence-corrected chi connectivity index (χ4v) is 7.37. The first-order chi connectivity index (χ1) is 25.7. The summed E-state index contributed by atoms with van der Waals surface area (Å²) in [7, 11) is 0. The number of hydrogen-bond donors (Lipinski definition) is 2. The molecule has 0 aromatic heterocycles. The molecule has 2 amide bonds. The number of benzene rings is 1. The van der Waals surface area contributed by atoms with Crippen molar-refractivity contribution in [3.63, 3.8) is 0 Å². The summed E-state index contributed by atoms with van der Waals surface area (Å²) in [4.78, 5) is 24.7. The van der Waals surface area contributed by atoms with E-state index in [4.69, 9.17) is 0 Å². The maximum Gasteiger partial charge on any atom is 0.220 e. The summed E-state index contributed by atoms with van der Waals surface area (Å²) < 4.78 is 0. The normalized spacial score (nSPS) is 11.3. The van der Waals surface area contributed by atoms with Gasteiger partial charge in [-0.25, -0.2) is 0 Å². The third-order valence-electron chi connectivity index (χ3n) is 11.0. The Kier molecular flexibility index (Phi) is 36.0. The van der Waals surface area contributed by atoms with Gasteiger partial charge < -0.3 is 10.6 Å². The monoisotopic (exact) mass is 725 g/mol. The highest BCUT2D eigenvalue weighted by Crippen LogP contribution is 2.15. The molecular formula is C48H88N2O2. The van der Waals surface area contributed by atoms with Crippen molar-refractivity contribution >= 4 is 11.8 Å². The second-order valence-corrected chi connectivity index (χ2v) is 16.1. The molecule has 4 nitrogen and oxygen atoms in total. The molecule has 302 valence electrons. The third kappa shape index (κ3) is 34.0. The molecule has 0 bridgehead atoms. The molecule has 1 aromatic carbocycles. The SMILES string of the molecule is CCCCCCCCCCCCCCCCCCNC(=O)CCc1ccc(CCC(=O)NCCCCCCCCCCCCCCCCCC)cc1. The quantitative estimate of drug-likeness (QED) is 0.0662. The van der Waals surface area contributed by atoms with Crippen LogP contribution in [0.4, 0.5) is 0 Å². The van der Waals surface area contributed by atoms with Gasteiger partial charge in [-0.1, -0.05) is 231 Å². The maximum absolute atomic E-state index is 12.3. The van der Waals surface area contributed by atoms with Crippen LogP contribution in [-0.2, 0) is 22.4 Å². The molecule has 1 aromatic rings. The molecule has 0 heterocycles. The van der Waals surface area contributed by atoms with Crippen molar-refractivity contribution < 1.29 is 9.59 Å². The zero-order valence-electron chi connectivity index (χ0n) is 35.0. The first-order valence-electron chi connectivity index (χ1n) is 23.3. The van der Waals surface area contributed by atoms with Gasteiger partial charge in [-0.2, -0.15) is 0 Å². The summed E-state index contributed by atoms with van der Waals surface area (Å²) in [6.45, 7) is 6.18. The lowest BCUT2D eigenvalue weighted by Gasteiger charge is -2.08. The van der Waals surface area contributed by atoms with Crippen molar-refractivity contribution in [3.05, 3.63) is 35.4 Å². The predicted octanol–water partition coefficient (Wildman–Crippen LogP) is 14.3. The summed E-state index contributed by atoms with van der Waals surface area (Å²) in [6.07, 6.45) is 46.4. The Morgan fingerprint density at radius 3 is 0.788 bits per heavy atom. The maximum atomic E-state index is 12.3. The molecule has 0 spiro atoms. The second-order valence-electron chi connectivity index (χ2n) is 16.1. The van der Waals surface area contributed by atoms with Gasteiger partial charge in [-0.15, -0.1) is 0 Å². The fourth-order valence-electron chi connectivity index (χ4n) is 7.37. The Labute approximate surface area is 324 Å². The van der Waals surface area contributed by atoms with Gasteiger partial charge in [0.15, 0.2) is 0 Å². The van der Waals surface area contributed by atoms with Gasteiger partial charge in [0.2, 0.25) is 11.8 Å². The molecule has 0 unspecified atom stereocenters. The van der Waals surface area contributed by atoms with Crippen LogP contribution in [0.3, 0.4) is 0 Å². The molecule has 0 aliphatic heterocycles. The van der Waals surface area contributed by atoms with Crippen molar-refractivity contribution in [2.75, 3.05) is 13.1 Å². The van der Waals surface area contributed by atoms with Crippen LogP contribution in [0.5, 0.6) is 0 Å². The zero-order valence-corrected chi connectivity index (χ0v) is 35.0. The zero-order chi connectivity index (χ0) is 37.4. The van der Waals surface area contributed by atoms with Crippen LogP contribution in [0.25, 0.3) is 0 Å². The minimum absolute atomic E-state index is 0.158. The van der Waals surface area contributed by atoms with E-state index in [2.05, 4.69) is 48.7 Å². The van der Waals surface area contributed by atoms with E-state index in [0.717, 1.165) is 38.8 Å². The van der Waals surface area contributed by atoms with Crippen molar-refractivity contribution in [1.82, 2.24) is 10.6 Å². The van der Waals surface area contributed by atoms with Gasteiger partial charge in [0, 0.05) is 25.9 Å². The number of rotatable bonds is 40. The smallest absolute Gasteiger partial charge is 0.220 e. The molecular weight excluding hydrogens is 637 g/mol. The summed E-state index contributed by atoms with van der Waals surface area (Å²) in [5.41, 5.74) is 2.38. The summed E-state index contributed by atoms with van der Waals surface area (Å²) in [6, 6.07) is 8.47. The molecule has 52 heavy (non-hydrogen) atoms. The van der Waals surface area contributed by atoms with E-state index in [-0.39, 0.29) is 11.8 Å². The number of nitrogens with one attached hydrogen (secondary N) is 2. The number of carbonyl (C=O) groups is 2. The van der Waals surface area contributed by atoms with Crippen LogP contribution in [0, 0.1) is 0 Å². The topological polar surface area (TPSA) is 58.2 Å². The van der Waals surface area contributed by atoms with E-state index >= 15 is 0 Å². The highest BCUT2D eigenvalue weighted by Gasteiger charge is 2.05. The Morgan fingerprint density at radius 1 is 0.346 bits per heavy atom. The minimum atomic E-state index is 0.158. The molecule has 2 N–H and O–H groups in total. The third-order valence-corrected chi connectivity index (χ3v) is 11.0. The molecule has 1 rings (SSSR count). The van der Waals surface area contributed by atoms with Crippen LogP contribution >= 0.6 is 0 Å². The average molecular weight is 725 g/mol. The van der Waals surface area contributed by atoms with Gasteiger partial charge in [0.05, 0.1) is 0 Å². The Morgan fingerprint density at radius 2 is 0.558 bits per heavy atom. The number of amides is 2. The Bertz CT molecular complexity index is 825. The largest absolute Gasteiger partial charge is 0.356 e. The van der Waals surface area contributed by atoms with Gasteiger partial charge in [-0.05, 0) is 36.8 Å². The van der Waals surface area contributed by atoms with Gasteiger partial charge in [-0.3, -0.25) is 9.59 Å². The van der Waals surface area contributed by atoms with Gasteiger partial charge >= 0.3 is 0 Å². The van der Waals surface area contributed by atoms with Crippen molar-refractivity contribution in [2.24, 2.45) is 0 Å². The number of unbranched alkanes of at least 4 members (excludes halogenated alkanes) is 30.